The van der Waals surface area contributed by atoms with Gasteiger partial charge in [0.1, 0.15) is 5.92 Å². The lowest BCUT2D eigenvalue weighted by Crippen LogP contribution is -2.50. The monoisotopic (exact) mass is 408 g/mol. The zero-order chi connectivity index (χ0) is 18.0. The van der Waals surface area contributed by atoms with Gasteiger partial charge in [0.05, 0.1) is 0 Å². The number of benzene rings is 1. The molecule has 0 saturated carbocycles. The number of piperidine rings is 1. The maximum Gasteiger partial charge on any atom is 0.312 e. The van der Waals surface area contributed by atoms with Crippen LogP contribution in [0.3, 0.4) is 0 Å². The number of rotatable bonds is 3. The maximum absolute atomic E-state index is 12.7. The van der Waals surface area contributed by atoms with Crippen molar-refractivity contribution in [2.75, 3.05) is 24.5 Å². The molecular formula is C17H21BrN4O3. The van der Waals surface area contributed by atoms with Crippen molar-refractivity contribution in [1.29, 1.82) is 0 Å². The van der Waals surface area contributed by atoms with Crippen LogP contribution in [0.25, 0.3) is 0 Å². The van der Waals surface area contributed by atoms with E-state index in [2.05, 4.69) is 21.2 Å². The summed E-state index contributed by atoms with van der Waals surface area (Å²) in [6.45, 7) is 1.61. The summed E-state index contributed by atoms with van der Waals surface area (Å²) in [4.78, 5) is 39.8. The van der Waals surface area contributed by atoms with Gasteiger partial charge in [-0.15, -0.1) is 0 Å². The van der Waals surface area contributed by atoms with Crippen LogP contribution in [0.15, 0.2) is 28.7 Å². The Balaban J connectivity index is 1.60. The van der Waals surface area contributed by atoms with Crippen molar-refractivity contribution in [2.24, 2.45) is 11.7 Å². The lowest BCUT2D eigenvalue weighted by molar-refractivity contribution is -0.140. The summed E-state index contributed by atoms with van der Waals surface area (Å²) in [5, 5.41) is 2.67. The average Bonchev–Trinajstić information content (AvgIpc) is 2.96. The van der Waals surface area contributed by atoms with Gasteiger partial charge in [0.25, 0.3) is 0 Å². The molecule has 2 fully saturated rings. The molecule has 2 aliphatic rings. The van der Waals surface area contributed by atoms with Crippen molar-refractivity contribution in [1.82, 2.24) is 10.2 Å². The number of likely N-dealkylation sites (tertiary alicyclic amines) is 1. The fourth-order valence-corrected chi connectivity index (χ4v) is 3.86. The van der Waals surface area contributed by atoms with E-state index in [-0.39, 0.29) is 17.9 Å². The molecule has 0 aromatic heterocycles. The quantitative estimate of drug-likeness (QED) is 0.740. The third-order valence-electron chi connectivity index (χ3n) is 4.78. The zero-order valence-electron chi connectivity index (χ0n) is 13.8. The van der Waals surface area contributed by atoms with E-state index >= 15 is 0 Å². The Morgan fingerprint density at radius 2 is 1.88 bits per heavy atom. The highest BCUT2D eigenvalue weighted by Gasteiger charge is 2.40. The van der Waals surface area contributed by atoms with Gasteiger partial charge in [-0.05, 0) is 37.5 Å². The fraction of sp³-hybridized carbons (Fsp3) is 0.471. The van der Waals surface area contributed by atoms with Gasteiger partial charge in [0.2, 0.25) is 11.8 Å². The maximum atomic E-state index is 12.7. The first kappa shape index (κ1) is 17.7. The molecule has 25 heavy (non-hydrogen) atoms. The van der Waals surface area contributed by atoms with Gasteiger partial charge < -0.3 is 20.9 Å². The molecule has 1 aromatic rings. The van der Waals surface area contributed by atoms with Gasteiger partial charge >= 0.3 is 6.03 Å². The summed E-state index contributed by atoms with van der Waals surface area (Å²) in [6, 6.07) is 6.98. The molecule has 2 aliphatic heterocycles. The van der Waals surface area contributed by atoms with Crippen LogP contribution in [0, 0.1) is 5.92 Å². The van der Waals surface area contributed by atoms with Crippen LogP contribution in [0.1, 0.15) is 19.3 Å². The number of anilines is 1. The molecule has 1 atom stereocenters. The van der Waals surface area contributed by atoms with Crippen LogP contribution >= 0.6 is 15.9 Å². The smallest absolute Gasteiger partial charge is 0.312 e. The molecule has 0 aliphatic carbocycles. The standard InChI is InChI=1S/C17H21BrN4O3/c18-11-2-1-3-13(10-11)22-9-6-14(16(22)24)15(23)21-7-4-12(5-8-21)20-17(19)25/h1-3,10,12,14H,4-9H2,(H3,19,20,25)/t14-/m0/s1. The van der Waals surface area contributed by atoms with Crippen LogP contribution in [0.2, 0.25) is 0 Å². The van der Waals surface area contributed by atoms with Gasteiger partial charge in [-0.2, -0.15) is 0 Å². The minimum Gasteiger partial charge on any atom is -0.352 e. The molecule has 1 aromatic carbocycles. The van der Waals surface area contributed by atoms with Crippen LogP contribution in [-0.2, 0) is 9.59 Å². The molecule has 4 amide bonds. The molecule has 2 heterocycles. The fourth-order valence-electron chi connectivity index (χ4n) is 3.48. The second kappa shape index (κ2) is 7.43. The number of carbonyl (C=O) groups is 3. The van der Waals surface area contributed by atoms with Gasteiger partial charge in [-0.25, -0.2) is 4.79 Å². The highest BCUT2D eigenvalue weighted by atomic mass is 79.9. The molecule has 8 heteroatoms. The average molecular weight is 409 g/mol. The van der Waals surface area contributed by atoms with Crippen LogP contribution in [-0.4, -0.2) is 48.4 Å². The number of nitrogens with one attached hydrogen (secondary N) is 1. The summed E-state index contributed by atoms with van der Waals surface area (Å²) in [5.41, 5.74) is 5.94. The van der Waals surface area contributed by atoms with Gasteiger partial charge in [0, 0.05) is 35.8 Å². The Kier molecular flexibility index (Phi) is 5.27. The molecule has 0 bridgehead atoms. The van der Waals surface area contributed by atoms with Crippen molar-refractivity contribution in [3.05, 3.63) is 28.7 Å². The number of urea groups is 1. The number of halogens is 1. The molecule has 3 rings (SSSR count). The van der Waals surface area contributed by atoms with Gasteiger partial charge in [0.15, 0.2) is 0 Å². The van der Waals surface area contributed by atoms with Crippen LogP contribution in [0.5, 0.6) is 0 Å². The van der Waals surface area contributed by atoms with E-state index in [1.807, 2.05) is 24.3 Å². The van der Waals surface area contributed by atoms with E-state index in [9.17, 15) is 14.4 Å². The summed E-state index contributed by atoms with van der Waals surface area (Å²) in [6.07, 6.45) is 1.85. The van der Waals surface area contributed by atoms with E-state index < -0.39 is 11.9 Å². The molecule has 134 valence electrons. The van der Waals surface area contributed by atoms with E-state index in [0.29, 0.717) is 38.9 Å². The van der Waals surface area contributed by atoms with E-state index in [0.717, 1.165) is 10.2 Å². The second-order valence-corrected chi connectivity index (χ2v) is 7.33. The van der Waals surface area contributed by atoms with Crippen LogP contribution < -0.4 is 16.0 Å². The molecule has 7 nitrogen and oxygen atoms in total. The highest BCUT2D eigenvalue weighted by molar-refractivity contribution is 9.10. The molecule has 0 radical (unpaired) electrons. The predicted molar refractivity (Wildman–Crippen MR) is 96.9 cm³/mol. The SMILES string of the molecule is NC(=O)NC1CCN(C(=O)[C@@H]2CCN(c3cccc(Br)c3)C2=O)CC1. The summed E-state index contributed by atoms with van der Waals surface area (Å²) >= 11 is 3.41. The third kappa shape index (κ3) is 3.95. The molecule has 0 unspecified atom stereocenters. The Morgan fingerprint density at radius 1 is 1.16 bits per heavy atom. The van der Waals surface area contributed by atoms with Gasteiger partial charge in [-0.3, -0.25) is 9.59 Å². The minimum absolute atomic E-state index is 0.000929. The number of nitrogens with zero attached hydrogens (tertiary/aromatic N) is 2. The Bertz CT molecular complexity index is 688. The highest BCUT2D eigenvalue weighted by Crippen LogP contribution is 2.29. The topological polar surface area (TPSA) is 95.7 Å². The van der Waals surface area contributed by atoms with E-state index in [1.54, 1.807) is 9.80 Å². The third-order valence-corrected chi connectivity index (χ3v) is 5.27. The van der Waals surface area contributed by atoms with Crippen molar-refractivity contribution in [3.63, 3.8) is 0 Å². The Hall–Kier alpha value is -2.09. The van der Waals surface area contributed by atoms with Crippen molar-refractivity contribution >= 4 is 39.5 Å². The number of carbonyl (C=O) groups excluding carboxylic acids is 3. The number of hydrogen-bond acceptors (Lipinski definition) is 3. The first-order valence-electron chi connectivity index (χ1n) is 8.37. The Labute approximate surface area is 154 Å². The largest absolute Gasteiger partial charge is 0.352 e. The number of hydrogen-bond donors (Lipinski definition) is 2. The summed E-state index contributed by atoms with van der Waals surface area (Å²) < 4.78 is 0.900. The van der Waals surface area contributed by atoms with Gasteiger partial charge in [-0.1, -0.05) is 22.0 Å². The molecular weight excluding hydrogens is 388 g/mol. The van der Waals surface area contributed by atoms with Crippen molar-refractivity contribution in [3.8, 4) is 0 Å². The van der Waals surface area contributed by atoms with Crippen molar-refractivity contribution in [2.45, 2.75) is 25.3 Å². The second-order valence-electron chi connectivity index (χ2n) is 6.42. The summed E-state index contributed by atoms with van der Waals surface area (Å²) in [5.74, 6) is -0.861. The number of nitrogens with two attached hydrogens (primary N) is 1. The molecule has 0 spiro atoms. The minimum atomic E-state index is -0.611. The Morgan fingerprint density at radius 3 is 2.52 bits per heavy atom. The van der Waals surface area contributed by atoms with E-state index in [1.165, 1.54) is 0 Å². The van der Waals surface area contributed by atoms with Crippen molar-refractivity contribution < 1.29 is 14.4 Å². The van der Waals surface area contributed by atoms with E-state index in [4.69, 9.17) is 5.73 Å². The molecule has 3 N–H and O–H groups in total. The number of primary amides is 1. The lowest BCUT2D eigenvalue weighted by atomic mass is 10.0. The van der Waals surface area contributed by atoms with Crippen LogP contribution in [0.4, 0.5) is 10.5 Å². The zero-order valence-corrected chi connectivity index (χ0v) is 15.4. The molecule has 2 saturated heterocycles. The lowest BCUT2D eigenvalue weighted by Gasteiger charge is -2.33. The number of amides is 4. The normalized spacial score (nSPS) is 21.5. The first-order chi connectivity index (χ1) is 12.0. The first-order valence-corrected chi connectivity index (χ1v) is 9.16. The predicted octanol–water partition coefficient (Wildman–Crippen LogP) is 1.46. The summed E-state index contributed by atoms with van der Waals surface area (Å²) in [7, 11) is 0.